The molecule has 0 N–H and O–H groups in total. The summed E-state index contributed by atoms with van der Waals surface area (Å²) in [5.41, 5.74) is 0.771. The molecule has 1 fully saturated rings. The molecule has 118 valence electrons. The van der Waals surface area contributed by atoms with E-state index in [9.17, 15) is 0 Å². The van der Waals surface area contributed by atoms with Gasteiger partial charge in [0.15, 0.2) is 11.5 Å². The fraction of sp³-hybridized carbons (Fsp3) is 0.429. The molecule has 2 aromatic rings. The highest BCUT2D eigenvalue weighted by Gasteiger charge is 2.51. The van der Waals surface area contributed by atoms with Crippen molar-refractivity contribution in [2.45, 2.75) is 16.0 Å². The average Bonchev–Trinajstić information content (AvgIpc) is 2.92. The van der Waals surface area contributed by atoms with E-state index in [1.54, 1.807) is 26.4 Å². The summed E-state index contributed by atoms with van der Waals surface area (Å²) in [6.07, 6.45) is 0.805. The number of nitrogens with zero attached hydrogens (tertiary/aromatic N) is 2. The molecule has 1 aromatic heterocycles. The molecule has 0 bridgehead atoms. The van der Waals surface area contributed by atoms with Crippen LogP contribution in [0.5, 0.6) is 11.5 Å². The van der Waals surface area contributed by atoms with Gasteiger partial charge in [0.1, 0.15) is 4.33 Å². The number of benzene rings is 1. The summed E-state index contributed by atoms with van der Waals surface area (Å²) in [5.74, 6) is 2.73. The molecular formula is C14H14Cl2N2O3S. The molecule has 1 aliphatic rings. The molecule has 0 saturated heterocycles. The zero-order valence-electron chi connectivity index (χ0n) is 12.0. The van der Waals surface area contributed by atoms with Crippen LogP contribution < -0.4 is 9.47 Å². The molecule has 3 rings (SSSR count). The lowest BCUT2D eigenvalue weighted by Crippen LogP contribution is -1.92. The number of methoxy groups -OCH3 is 2. The Balaban J connectivity index is 1.70. The molecule has 1 saturated carbocycles. The van der Waals surface area contributed by atoms with E-state index in [-0.39, 0.29) is 5.92 Å². The second kappa shape index (κ2) is 6.18. The molecule has 1 atom stereocenters. The number of hydrogen-bond donors (Lipinski definition) is 0. The Bertz CT molecular complexity index is 678. The van der Waals surface area contributed by atoms with Crippen molar-refractivity contribution in [3.05, 3.63) is 18.2 Å². The molecule has 1 aliphatic carbocycles. The normalized spacial score (nSPS) is 19.0. The van der Waals surface area contributed by atoms with E-state index in [2.05, 4.69) is 10.2 Å². The summed E-state index contributed by atoms with van der Waals surface area (Å²) in [5, 5.41) is 8.58. The first-order chi connectivity index (χ1) is 10.5. The van der Waals surface area contributed by atoms with Gasteiger partial charge in [-0.25, -0.2) is 0 Å². The van der Waals surface area contributed by atoms with Gasteiger partial charge in [-0.3, -0.25) is 0 Å². The Morgan fingerprint density at radius 1 is 1.27 bits per heavy atom. The van der Waals surface area contributed by atoms with Gasteiger partial charge in [-0.1, -0.05) is 11.8 Å². The maximum absolute atomic E-state index is 6.00. The van der Waals surface area contributed by atoms with Crippen LogP contribution in [0.3, 0.4) is 0 Å². The van der Waals surface area contributed by atoms with Crippen molar-refractivity contribution < 1.29 is 13.9 Å². The fourth-order valence-electron chi connectivity index (χ4n) is 1.98. The molecular weight excluding hydrogens is 347 g/mol. The number of thioether (sulfide) groups is 1. The van der Waals surface area contributed by atoms with Gasteiger partial charge >= 0.3 is 0 Å². The van der Waals surface area contributed by atoms with E-state index in [1.807, 2.05) is 6.07 Å². The third kappa shape index (κ3) is 3.29. The summed E-state index contributed by atoms with van der Waals surface area (Å²) >= 11 is 13.5. The molecule has 22 heavy (non-hydrogen) atoms. The molecule has 1 heterocycles. The van der Waals surface area contributed by atoms with E-state index >= 15 is 0 Å². The van der Waals surface area contributed by atoms with Crippen LogP contribution in [0.25, 0.3) is 11.5 Å². The van der Waals surface area contributed by atoms with Gasteiger partial charge in [0, 0.05) is 17.2 Å². The van der Waals surface area contributed by atoms with Crippen LogP contribution in [0.1, 0.15) is 6.42 Å². The molecule has 1 aromatic carbocycles. The van der Waals surface area contributed by atoms with E-state index in [0.29, 0.717) is 22.6 Å². The van der Waals surface area contributed by atoms with Crippen molar-refractivity contribution in [3.8, 4) is 23.0 Å². The average molecular weight is 361 g/mol. The van der Waals surface area contributed by atoms with Crippen LogP contribution >= 0.6 is 35.0 Å². The molecule has 0 unspecified atom stereocenters. The van der Waals surface area contributed by atoms with Gasteiger partial charge in [-0.05, 0) is 24.6 Å². The van der Waals surface area contributed by atoms with Crippen molar-refractivity contribution in [3.63, 3.8) is 0 Å². The maximum atomic E-state index is 6.00. The highest BCUT2D eigenvalue weighted by molar-refractivity contribution is 7.99. The Kier molecular flexibility index (Phi) is 4.43. The minimum absolute atomic E-state index is 0.275. The van der Waals surface area contributed by atoms with Gasteiger partial charge in [0.2, 0.25) is 5.89 Å². The lowest BCUT2D eigenvalue weighted by molar-refractivity contribution is 0.355. The second-order valence-electron chi connectivity index (χ2n) is 4.92. The molecule has 8 heteroatoms. The quantitative estimate of drug-likeness (QED) is 0.572. The number of ether oxygens (including phenoxy) is 2. The lowest BCUT2D eigenvalue weighted by Gasteiger charge is -2.07. The van der Waals surface area contributed by atoms with Crippen molar-refractivity contribution in [2.24, 2.45) is 5.92 Å². The SMILES string of the molecule is COc1ccc(-c2nnc(SC[C@H]3CC3(Cl)Cl)o2)cc1OC. The third-order valence-corrected chi connectivity index (χ3v) is 5.31. The zero-order valence-corrected chi connectivity index (χ0v) is 14.3. The standard InChI is InChI=1S/C14H14Cl2N2O3S/c1-19-10-4-3-8(5-11(10)20-2)12-17-18-13(21-12)22-7-9-6-14(9,15)16/h3-5,9H,6-7H2,1-2H3/t9-/m1/s1. The van der Waals surface area contributed by atoms with Crippen LogP contribution in [0.15, 0.2) is 27.8 Å². The summed E-state index contributed by atoms with van der Waals surface area (Å²) in [4.78, 5) is 0. The van der Waals surface area contributed by atoms with Crippen LogP contribution in [-0.2, 0) is 0 Å². The number of alkyl halides is 2. The van der Waals surface area contributed by atoms with E-state index in [4.69, 9.17) is 37.1 Å². The number of aromatic nitrogens is 2. The van der Waals surface area contributed by atoms with Crippen LogP contribution in [0.4, 0.5) is 0 Å². The van der Waals surface area contributed by atoms with Gasteiger partial charge < -0.3 is 13.9 Å². The Morgan fingerprint density at radius 2 is 2.00 bits per heavy atom. The Morgan fingerprint density at radius 3 is 2.64 bits per heavy atom. The van der Waals surface area contributed by atoms with Gasteiger partial charge in [-0.15, -0.1) is 33.4 Å². The second-order valence-corrected chi connectivity index (χ2v) is 7.43. The largest absolute Gasteiger partial charge is 0.493 e. The van der Waals surface area contributed by atoms with Crippen LogP contribution in [0.2, 0.25) is 0 Å². The maximum Gasteiger partial charge on any atom is 0.276 e. The highest BCUT2D eigenvalue weighted by atomic mass is 35.5. The van der Waals surface area contributed by atoms with E-state index in [0.717, 1.165) is 17.7 Å². The van der Waals surface area contributed by atoms with Crippen LogP contribution in [0, 0.1) is 5.92 Å². The first-order valence-electron chi connectivity index (χ1n) is 6.60. The summed E-state index contributed by atoms with van der Waals surface area (Å²) in [6, 6.07) is 5.43. The minimum atomic E-state index is -0.584. The summed E-state index contributed by atoms with van der Waals surface area (Å²) < 4.78 is 15.5. The first-order valence-corrected chi connectivity index (χ1v) is 8.34. The summed E-state index contributed by atoms with van der Waals surface area (Å²) in [7, 11) is 3.17. The first kappa shape index (κ1) is 15.8. The minimum Gasteiger partial charge on any atom is -0.493 e. The number of halogens is 2. The van der Waals surface area contributed by atoms with Crippen molar-refractivity contribution in [1.29, 1.82) is 0 Å². The fourth-order valence-corrected chi connectivity index (χ4v) is 3.67. The smallest absolute Gasteiger partial charge is 0.276 e. The summed E-state index contributed by atoms with van der Waals surface area (Å²) in [6.45, 7) is 0. The molecule has 0 radical (unpaired) electrons. The van der Waals surface area contributed by atoms with E-state index < -0.39 is 4.33 Å². The number of hydrogen-bond acceptors (Lipinski definition) is 6. The predicted molar refractivity (Wildman–Crippen MR) is 86.1 cm³/mol. The Hall–Kier alpha value is -1.11. The zero-order chi connectivity index (χ0) is 15.7. The lowest BCUT2D eigenvalue weighted by atomic mass is 10.2. The van der Waals surface area contributed by atoms with Crippen molar-refractivity contribution >= 4 is 35.0 Å². The van der Waals surface area contributed by atoms with Gasteiger partial charge in [0.05, 0.1) is 14.2 Å². The number of rotatable bonds is 6. The topological polar surface area (TPSA) is 57.4 Å². The Labute approximate surface area is 142 Å². The van der Waals surface area contributed by atoms with Crippen molar-refractivity contribution in [2.75, 3.05) is 20.0 Å². The monoisotopic (exact) mass is 360 g/mol. The predicted octanol–water partition coefficient (Wildman–Crippen LogP) is 4.04. The molecule has 0 amide bonds. The van der Waals surface area contributed by atoms with Crippen LogP contribution in [-0.4, -0.2) is 34.5 Å². The highest BCUT2D eigenvalue weighted by Crippen LogP contribution is 2.54. The molecule has 0 spiro atoms. The van der Waals surface area contributed by atoms with Gasteiger partial charge in [-0.2, -0.15) is 0 Å². The molecule has 5 nitrogen and oxygen atoms in total. The molecule has 0 aliphatic heterocycles. The van der Waals surface area contributed by atoms with E-state index in [1.165, 1.54) is 11.8 Å². The third-order valence-electron chi connectivity index (χ3n) is 3.40. The van der Waals surface area contributed by atoms with Crippen molar-refractivity contribution in [1.82, 2.24) is 10.2 Å². The van der Waals surface area contributed by atoms with Gasteiger partial charge in [0.25, 0.3) is 5.22 Å².